The number of hydrogen-bond donors (Lipinski definition) is 0. The largest absolute Gasteiger partial charge is 0.237 e. The summed E-state index contributed by atoms with van der Waals surface area (Å²) >= 11 is 1.85. The summed E-state index contributed by atoms with van der Waals surface area (Å²) in [4.78, 5) is 0. The molecule has 0 aliphatic carbocycles. The number of thioether (sulfide) groups is 1. The Morgan fingerprint density at radius 2 is 1.00 bits per heavy atom. The molecule has 121 valence electrons. The summed E-state index contributed by atoms with van der Waals surface area (Å²) in [6.45, 7) is -0.0263. The molecule has 0 bridgehead atoms. The third-order valence-corrected chi connectivity index (χ3v) is 5.78. The molecule has 0 saturated heterocycles. The third-order valence-electron chi connectivity index (χ3n) is 4.15. The van der Waals surface area contributed by atoms with E-state index in [-0.39, 0.29) is 11.4 Å². The molecule has 2 heteroatoms. The quantitative estimate of drug-likeness (QED) is 0.411. The fraction of sp³-hybridized carbons (Fsp3) is 0.182. The first-order valence-corrected chi connectivity index (χ1v) is 9.25. The van der Waals surface area contributed by atoms with E-state index in [1.165, 1.54) is 16.7 Å². The Bertz CT molecular complexity index is 629. The maximum Gasteiger partial charge on any atom is 0.0906 e. The Balaban J connectivity index is 2.20. The average molecular weight is 333 g/mol. The molecule has 0 aliphatic rings. The molecule has 0 spiro atoms. The van der Waals surface area contributed by atoms with E-state index in [4.69, 9.17) is 0 Å². The highest BCUT2D eigenvalue weighted by Crippen LogP contribution is 2.48. The lowest BCUT2D eigenvalue weighted by Gasteiger charge is -2.35. The molecule has 1 radical (unpaired) electrons. The van der Waals surface area contributed by atoms with Crippen LogP contribution in [0.3, 0.4) is 0 Å². The van der Waals surface area contributed by atoms with Crippen molar-refractivity contribution in [1.29, 1.82) is 0 Å². The minimum Gasteiger partial charge on any atom is -0.237 e. The van der Waals surface area contributed by atoms with Crippen molar-refractivity contribution in [3.8, 4) is 0 Å². The number of benzene rings is 3. The summed E-state index contributed by atoms with van der Waals surface area (Å²) in [5, 5.41) is 11.0. The molecule has 3 aromatic rings. The second-order valence-electron chi connectivity index (χ2n) is 5.69. The standard InChI is InChI=1S/C22H21OS/c23-17-10-18-24-22(19-11-4-1-5-12-19,20-13-6-2-7-14-20)21-15-8-3-9-16-21/h1-9,11-16H,10,17-18H2. The zero-order chi connectivity index (χ0) is 16.7. The molecule has 0 fully saturated rings. The van der Waals surface area contributed by atoms with Gasteiger partial charge in [0.25, 0.3) is 0 Å². The van der Waals surface area contributed by atoms with Crippen LogP contribution in [0.5, 0.6) is 0 Å². The van der Waals surface area contributed by atoms with Crippen LogP contribution in [0, 0.1) is 0 Å². The van der Waals surface area contributed by atoms with Gasteiger partial charge in [-0.05, 0) is 28.9 Å². The van der Waals surface area contributed by atoms with Gasteiger partial charge in [0.2, 0.25) is 0 Å². The van der Waals surface area contributed by atoms with Crippen molar-refractivity contribution >= 4 is 11.8 Å². The van der Waals surface area contributed by atoms with Crippen molar-refractivity contribution in [2.24, 2.45) is 0 Å². The SMILES string of the molecule is [O]CCCSC(c1ccccc1)(c1ccccc1)c1ccccc1. The van der Waals surface area contributed by atoms with E-state index in [2.05, 4.69) is 72.8 Å². The predicted molar refractivity (Wildman–Crippen MR) is 102 cm³/mol. The van der Waals surface area contributed by atoms with E-state index in [9.17, 15) is 5.11 Å². The van der Waals surface area contributed by atoms with Crippen LogP contribution in [0.2, 0.25) is 0 Å². The molecular formula is C22H21OS. The summed E-state index contributed by atoms with van der Waals surface area (Å²) in [5.74, 6) is 0.835. The van der Waals surface area contributed by atoms with Gasteiger partial charge in [-0.2, -0.15) is 0 Å². The summed E-state index contributed by atoms with van der Waals surface area (Å²) in [5.41, 5.74) is 3.75. The van der Waals surface area contributed by atoms with E-state index < -0.39 is 0 Å². The molecule has 0 saturated carbocycles. The first-order valence-electron chi connectivity index (χ1n) is 8.26. The minimum absolute atomic E-state index is 0.0263. The fourth-order valence-electron chi connectivity index (χ4n) is 3.05. The normalized spacial score (nSPS) is 11.4. The Morgan fingerprint density at radius 1 is 0.625 bits per heavy atom. The molecule has 0 unspecified atom stereocenters. The molecule has 24 heavy (non-hydrogen) atoms. The van der Waals surface area contributed by atoms with Crippen LogP contribution in [-0.4, -0.2) is 12.4 Å². The van der Waals surface area contributed by atoms with Gasteiger partial charge in [-0.3, -0.25) is 0 Å². The van der Waals surface area contributed by atoms with E-state index in [0.29, 0.717) is 6.42 Å². The van der Waals surface area contributed by atoms with Crippen LogP contribution in [0.25, 0.3) is 0 Å². The van der Waals surface area contributed by atoms with Crippen molar-refractivity contribution in [2.45, 2.75) is 11.2 Å². The number of rotatable bonds is 7. The maximum atomic E-state index is 11.0. The summed E-state index contributed by atoms with van der Waals surface area (Å²) in [7, 11) is 0. The second-order valence-corrected chi connectivity index (χ2v) is 6.99. The van der Waals surface area contributed by atoms with Gasteiger partial charge in [0.05, 0.1) is 11.4 Å². The highest BCUT2D eigenvalue weighted by molar-refractivity contribution is 8.00. The van der Waals surface area contributed by atoms with E-state index in [0.717, 1.165) is 5.75 Å². The summed E-state index contributed by atoms with van der Waals surface area (Å²) in [6, 6.07) is 31.8. The Labute approximate surface area is 148 Å². The van der Waals surface area contributed by atoms with Crippen LogP contribution in [0.1, 0.15) is 23.1 Å². The Kier molecular flexibility index (Phi) is 5.73. The maximum absolute atomic E-state index is 11.0. The van der Waals surface area contributed by atoms with Crippen molar-refractivity contribution in [1.82, 2.24) is 0 Å². The first kappa shape index (κ1) is 16.8. The van der Waals surface area contributed by atoms with Crippen molar-refractivity contribution in [3.05, 3.63) is 108 Å². The average Bonchev–Trinajstić information content (AvgIpc) is 2.68. The summed E-state index contributed by atoms with van der Waals surface area (Å²) in [6.07, 6.45) is 0.679. The lowest BCUT2D eigenvalue weighted by Crippen LogP contribution is -2.26. The lowest BCUT2D eigenvalue weighted by molar-refractivity contribution is 0.194. The van der Waals surface area contributed by atoms with Gasteiger partial charge < -0.3 is 0 Å². The molecule has 0 atom stereocenters. The van der Waals surface area contributed by atoms with Gasteiger partial charge in [-0.25, -0.2) is 5.11 Å². The first-order chi connectivity index (χ1) is 11.9. The molecule has 3 aromatic carbocycles. The molecule has 0 amide bonds. The van der Waals surface area contributed by atoms with Gasteiger partial charge in [0, 0.05) is 0 Å². The summed E-state index contributed by atoms with van der Waals surface area (Å²) < 4.78 is -0.293. The highest BCUT2D eigenvalue weighted by Gasteiger charge is 2.36. The lowest BCUT2D eigenvalue weighted by atomic mass is 9.84. The van der Waals surface area contributed by atoms with E-state index >= 15 is 0 Å². The van der Waals surface area contributed by atoms with Crippen molar-refractivity contribution < 1.29 is 5.11 Å². The van der Waals surface area contributed by atoms with Crippen molar-refractivity contribution in [2.75, 3.05) is 12.4 Å². The predicted octanol–water partition coefficient (Wildman–Crippen LogP) is 5.53. The van der Waals surface area contributed by atoms with Gasteiger partial charge in [0.15, 0.2) is 0 Å². The van der Waals surface area contributed by atoms with Crippen molar-refractivity contribution in [3.63, 3.8) is 0 Å². The highest BCUT2D eigenvalue weighted by atomic mass is 32.2. The van der Waals surface area contributed by atoms with Crippen LogP contribution in [0.15, 0.2) is 91.0 Å². The van der Waals surface area contributed by atoms with Crippen LogP contribution >= 0.6 is 11.8 Å². The fourth-order valence-corrected chi connectivity index (χ4v) is 4.53. The zero-order valence-corrected chi connectivity index (χ0v) is 14.4. The van der Waals surface area contributed by atoms with Crippen LogP contribution in [-0.2, 0) is 9.85 Å². The smallest absolute Gasteiger partial charge is 0.0906 e. The molecular weight excluding hydrogens is 312 g/mol. The van der Waals surface area contributed by atoms with Gasteiger partial charge in [-0.1, -0.05) is 91.0 Å². The molecule has 1 nitrogen and oxygen atoms in total. The topological polar surface area (TPSA) is 19.9 Å². The zero-order valence-electron chi connectivity index (χ0n) is 13.6. The molecule has 0 N–H and O–H groups in total. The number of hydrogen-bond acceptors (Lipinski definition) is 1. The third kappa shape index (κ3) is 3.40. The molecule has 0 heterocycles. The van der Waals surface area contributed by atoms with Gasteiger partial charge in [-0.15, -0.1) is 11.8 Å². The van der Waals surface area contributed by atoms with Crippen LogP contribution < -0.4 is 0 Å². The second kappa shape index (κ2) is 8.18. The molecule has 0 aliphatic heterocycles. The van der Waals surface area contributed by atoms with Gasteiger partial charge in [0.1, 0.15) is 0 Å². The molecule has 3 rings (SSSR count). The van der Waals surface area contributed by atoms with E-state index in [1.54, 1.807) is 0 Å². The Hall–Kier alpha value is -2.03. The van der Waals surface area contributed by atoms with Crippen LogP contribution in [0.4, 0.5) is 0 Å². The van der Waals surface area contributed by atoms with E-state index in [1.807, 2.05) is 30.0 Å². The van der Waals surface area contributed by atoms with Gasteiger partial charge >= 0.3 is 0 Å². The Morgan fingerprint density at radius 3 is 1.33 bits per heavy atom. The monoisotopic (exact) mass is 333 g/mol. The minimum atomic E-state index is -0.293. The molecule has 0 aromatic heterocycles.